The van der Waals surface area contributed by atoms with Crippen molar-refractivity contribution < 1.29 is 0 Å². The summed E-state index contributed by atoms with van der Waals surface area (Å²) in [4.78, 5) is 0. The molecule has 0 N–H and O–H groups in total. The number of hydrogen-bond acceptors (Lipinski definition) is 1. The molecule has 2 aromatic heterocycles. The first-order valence-electron chi connectivity index (χ1n) is 13.0. The van der Waals surface area contributed by atoms with Crippen LogP contribution in [0.5, 0.6) is 0 Å². The van der Waals surface area contributed by atoms with E-state index in [1.165, 1.54) is 80.0 Å². The van der Waals surface area contributed by atoms with Gasteiger partial charge in [-0.05, 0) is 33.7 Å². The van der Waals surface area contributed by atoms with Crippen molar-refractivity contribution in [3.8, 4) is 5.69 Å². The summed E-state index contributed by atoms with van der Waals surface area (Å²) in [5, 5.41) is 13.1. The van der Waals surface area contributed by atoms with E-state index in [4.69, 9.17) is 0 Å². The summed E-state index contributed by atoms with van der Waals surface area (Å²) in [6.45, 7) is 0. The number of rotatable bonds is 1. The van der Waals surface area contributed by atoms with E-state index in [0.717, 1.165) is 0 Å². The summed E-state index contributed by atoms with van der Waals surface area (Å²) in [7, 11) is 0. The van der Waals surface area contributed by atoms with Crippen molar-refractivity contribution in [3.63, 3.8) is 0 Å². The van der Waals surface area contributed by atoms with Crippen molar-refractivity contribution in [1.82, 2.24) is 4.57 Å². The van der Waals surface area contributed by atoms with Gasteiger partial charge in [-0.25, -0.2) is 0 Å². The molecule has 0 aliphatic carbocycles. The van der Waals surface area contributed by atoms with Crippen molar-refractivity contribution in [1.29, 1.82) is 0 Å². The monoisotopic (exact) mass is 499 g/mol. The third kappa shape index (κ3) is 2.55. The van der Waals surface area contributed by atoms with Crippen molar-refractivity contribution >= 4 is 85.6 Å². The minimum Gasteiger partial charge on any atom is -0.308 e. The Labute approximate surface area is 222 Å². The number of aromatic nitrogens is 1. The summed E-state index contributed by atoms with van der Waals surface area (Å²) < 4.78 is 5.26. The molecule has 0 radical (unpaired) electrons. The maximum Gasteiger partial charge on any atom is 0.0640 e. The molecule has 0 aliphatic heterocycles. The molecule has 0 bridgehead atoms. The van der Waals surface area contributed by atoms with E-state index in [9.17, 15) is 0 Å². The maximum atomic E-state index is 2.53. The minimum atomic E-state index is 1.23. The van der Waals surface area contributed by atoms with E-state index < -0.39 is 0 Å². The lowest BCUT2D eigenvalue weighted by Crippen LogP contribution is -1.95. The number of thiophene rings is 1. The van der Waals surface area contributed by atoms with E-state index in [1.54, 1.807) is 0 Å². The minimum absolute atomic E-state index is 1.23. The van der Waals surface area contributed by atoms with Crippen LogP contribution in [0.25, 0.3) is 80.0 Å². The molecule has 0 saturated carbocycles. The van der Waals surface area contributed by atoms with Crippen LogP contribution in [0.4, 0.5) is 0 Å². The Bertz CT molecular complexity index is 2400. The van der Waals surface area contributed by atoms with Crippen LogP contribution >= 0.6 is 11.3 Å². The molecule has 0 fully saturated rings. The average molecular weight is 500 g/mol. The zero-order valence-corrected chi connectivity index (χ0v) is 21.3. The van der Waals surface area contributed by atoms with Crippen molar-refractivity contribution in [2.24, 2.45) is 0 Å². The molecule has 176 valence electrons. The van der Waals surface area contributed by atoms with Gasteiger partial charge in [-0.2, -0.15) is 0 Å². The van der Waals surface area contributed by atoms with Gasteiger partial charge >= 0.3 is 0 Å². The van der Waals surface area contributed by atoms with Gasteiger partial charge < -0.3 is 4.57 Å². The van der Waals surface area contributed by atoms with Crippen LogP contribution in [-0.4, -0.2) is 4.57 Å². The lowest BCUT2D eigenvalue weighted by atomic mass is 9.98. The molecule has 0 atom stereocenters. The highest BCUT2D eigenvalue weighted by Gasteiger charge is 2.22. The first kappa shape index (κ1) is 20.4. The van der Waals surface area contributed by atoms with Crippen LogP contribution in [0.15, 0.2) is 127 Å². The SMILES string of the molecule is c1ccc2c(-n3c4ccccc4c4c5ccccc5c5sc6c7ccccc7ccc6c5c43)cccc2c1. The van der Waals surface area contributed by atoms with Gasteiger partial charge in [-0.15, -0.1) is 11.3 Å². The van der Waals surface area contributed by atoms with Crippen LogP contribution in [0, 0.1) is 0 Å². The van der Waals surface area contributed by atoms with E-state index in [0.29, 0.717) is 0 Å². The van der Waals surface area contributed by atoms with Crippen LogP contribution < -0.4 is 0 Å². The Hall–Kier alpha value is -4.66. The van der Waals surface area contributed by atoms with Gasteiger partial charge in [-0.3, -0.25) is 0 Å². The Morgan fingerprint density at radius 2 is 1.03 bits per heavy atom. The Balaban J connectivity index is 1.64. The van der Waals surface area contributed by atoms with Gasteiger partial charge in [0.05, 0.1) is 16.7 Å². The average Bonchev–Trinajstić information content (AvgIpc) is 3.54. The summed E-state index contributed by atoms with van der Waals surface area (Å²) >= 11 is 1.94. The van der Waals surface area contributed by atoms with Gasteiger partial charge in [0, 0.05) is 41.7 Å². The van der Waals surface area contributed by atoms with Crippen LogP contribution in [-0.2, 0) is 0 Å². The van der Waals surface area contributed by atoms with Gasteiger partial charge in [0.25, 0.3) is 0 Å². The lowest BCUT2D eigenvalue weighted by molar-refractivity contribution is 1.21. The van der Waals surface area contributed by atoms with Gasteiger partial charge in [0.1, 0.15) is 0 Å². The highest BCUT2D eigenvalue weighted by Crippen LogP contribution is 2.49. The third-order valence-corrected chi connectivity index (χ3v) is 9.41. The number of benzene rings is 7. The molecule has 2 heterocycles. The Morgan fingerprint density at radius 3 is 1.87 bits per heavy atom. The fourth-order valence-electron chi connectivity index (χ4n) is 6.55. The summed E-state index contributed by atoms with van der Waals surface area (Å²) in [6, 6.07) is 46.7. The van der Waals surface area contributed by atoms with Crippen molar-refractivity contribution in [2.45, 2.75) is 0 Å². The van der Waals surface area contributed by atoms with Crippen molar-refractivity contribution in [3.05, 3.63) is 127 Å². The molecule has 9 aromatic rings. The zero-order chi connectivity index (χ0) is 24.8. The third-order valence-electron chi connectivity index (χ3n) is 8.14. The standard InChI is InChI=1S/C36H21NS/c1-3-13-24-22(10-1)12-9-19-30(24)37-31-18-8-7-17-28(31)32-26-15-5-6-16-27(26)36-33(34(32)37)29-21-20-23-11-2-4-14-25(23)35(29)38-36/h1-21H. The number of nitrogens with zero attached hydrogens (tertiary/aromatic N) is 1. The fraction of sp³-hybridized carbons (Fsp3) is 0. The molecule has 2 heteroatoms. The molecular formula is C36H21NS. The van der Waals surface area contributed by atoms with Crippen LogP contribution in [0.2, 0.25) is 0 Å². The molecule has 0 saturated heterocycles. The molecule has 7 aromatic carbocycles. The quantitative estimate of drug-likeness (QED) is 0.212. The summed E-state index contributed by atoms with van der Waals surface area (Å²) in [5.41, 5.74) is 3.78. The summed E-state index contributed by atoms with van der Waals surface area (Å²) in [5.74, 6) is 0. The highest BCUT2D eigenvalue weighted by atomic mass is 32.1. The topological polar surface area (TPSA) is 4.93 Å². The predicted molar refractivity (Wildman–Crippen MR) is 166 cm³/mol. The molecule has 0 unspecified atom stereocenters. The second-order valence-corrected chi connectivity index (χ2v) is 11.1. The van der Waals surface area contributed by atoms with Crippen LogP contribution in [0.1, 0.15) is 0 Å². The Morgan fingerprint density at radius 1 is 0.395 bits per heavy atom. The lowest BCUT2D eigenvalue weighted by Gasteiger charge is -2.13. The summed E-state index contributed by atoms with van der Waals surface area (Å²) in [6.07, 6.45) is 0. The van der Waals surface area contributed by atoms with Crippen LogP contribution in [0.3, 0.4) is 0 Å². The van der Waals surface area contributed by atoms with Gasteiger partial charge in [0.2, 0.25) is 0 Å². The van der Waals surface area contributed by atoms with Crippen molar-refractivity contribution in [2.75, 3.05) is 0 Å². The smallest absolute Gasteiger partial charge is 0.0640 e. The molecule has 38 heavy (non-hydrogen) atoms. The largest absolute Gasteiger partial charge is 0.308 e. The first-order valence-corrected chi connectivity index (χ1v) is 13.9. The second-order valence-electron chi connectivity index (χ2n) is 10.1. The normalized spacial score (nSPS) is 12.2. The van der Waals surface area contributed by atoms with Gasteiger partial charge in [-0.1, -0.05) is 115 Å². The number of fused-ring (bicyclic) bond motifs is 13. The van der Waals surface area contributed by atoms with E-state index in [-0.39, 0.29) is 0 Å². The van der Waals surface area contributed by atoms with Gasteiger partial charge in [0.15, 0.2) is 0 Å². The zero-order valence-electron chi connectivity index (χ0n) is 20.5. The highest BCUT2D eigenvalue weighted by molar-refractivity contribution is 7.27. The van der Waals surface area contributed by atoms with E-state index in [2.05, 4.69) is 132 Å². The van der Waals surface area contributed by atoms with E-state index in [1.807, 2.05) is 11.3 Å². The molecule has 9 rings (SSSR count). The fourth-order valence-corrected chi connectivity index (χ4v) is 7.93. The Kier molecular flexibility index (Phi) is 3.99. The number of para-hydroxylation sites is 1. The maximum absolute atomic E-state index is 2.53. The molecule has 0 spiro atoms. The number of hydrogen-bond donors (Lipinski definition) is 0. The first-order chi connectivity index (χ1) is 18.9. The molecule has 0 aliphatic rings. The molecular weight excluding hydrogens is 478 g/mol. The van der Waals surface area contributed by atoms with E-state index >= 15 is 0 Å². The predicted octanol–water partition coefficient (Wildman–Crippen LogP) is 10.6. The second kappa shape index (κ2) is 7.44. The molecule has 0 amide bonds. The molecule has 1 nitrogen and oxygen atoms in total.